The Balaban J connectivity index is 1.38. The number of hydrogen-bond donors (Lipinski definition) is 1. The highest BCUT2D eigenvalue weighted by atomic mass is 19.1. The van der Waals surface area contributed by atoms with Gasteiger partial charge >= 0.3 is 0 Å². The largest absolute Gasteiger partial charge is 0.354 e. The first-order valence-corrected chi connectivity index (χ1v) is 10.1. The molecular weight excluding hydrogens is 405 g/mol. The zero-order valence-corrected chi connectivity index (χ0v) is 16.7. The Kier molecular flexibility index (Phi) is 6.16. The predicted molar refractivity (Wildman–Crippen MR) is 111 cm³/mol. The van der Waals surface area contributed by atoms with Gasteiger partial charge < -0.3 is 10.2 Å². The molecule has 0 saturated carbocycles. The van der Waals surface area contributed by atoms with E-state index in [0.717, 1.165) is 18.5 Å². The Morgan fingerprint density at radius 1 is 1.00 bits per heavy atom. The van der Waals surface area contributed by atoms with Crippen molar-refractivity contribution in [2.45, 2.75) is 19.4 Å². The quantitative estimate of drug-likeness (QED) is 0.668. The van der Waals surface area contributed by atoms with Gasteiger partial charge in [-0.3, -0.25) is 4.79 Å². The molecule has 2 aromatic carbocycles. The van der Waals surface area contributed by atoms with Gasteiger partial charge in [0.2, 0.25) is 5.91 Å². The lowest BCUT2D eigenvalue weighted by Crippen LogP contribution is -2.43. The van der Waals surface area contributed by atoms with Crippen LogP contribution in [-0.2, 0) is 11.3 Å². The molecule has 1 aromatic heterocycles. The smallest absolute Gasteiger partial charge is 0.225 e. The summed E-state index contributed by atoms with van der Waals surface area (Å²) in [4.78, 5) is 14.6. The molecule has 0 aliphatic carbocycles. The molecule has 1 aliphatic rings. The maximum Gasteiger partial charge on any atom is 0.225 e. The number of nitrogens with one attached hydrogen (secondary N) is 1. The lowest BCUT2D eigenvalue weighted by atomic mass is 9.97. The van der Waals surface area contributed by atoms with Crippen LogP contribution in [0, 0.1) is 23.4 Å². The van der Waals surface area contributed by atoms with Crippen LogP contribution in [0.4, 0.5) is 19.0 Å². The molecule has 3 aromatic rings. The fourth-order valence-corrected chi connectivity index (χ4v) is 3.69. The third-order valence-corrected chi connectivity index (χ3v) is 5.41. The molecule has 0 spiro atoms. The van der Waals surface area contributed by atoms with Crippen molar-refractivity contribution in [1.82, 2.24) is 15.5 Å². The van der Waals surface area contributed by atoms with Crippen LogP contribution in [0.2, 0.25) is 0 Å². The van der Waals surface area contributed by atoms with Crippen LogP contribution in [-0.4, -0.2) is 29.2 Å². The van der Waals surface area contributed by atoms with Crippen molar-refractivity contribution in [3.05, 3.63) is 77.6 Å². The number of nitrogens with zero attached hydrogens (tertiary/aromatic N) is 3. The molecule has 1 unspecified atom stereocenters. The van der Waals surface area contributed by atoms with Crippen molar-refractivity contribution in [3.63, 3.8) is 0 Å². The lowest BCUT2D eigenvalue weighted by molar-refractivity contribution is -0.125. The first kappa shape index (κ1) is 20.8. The number of carbonyl (C=O) groups is 1. The predicted octanol–water partition coefficient (Wildman–Crippen LogP) is 4.09. The van der Waals surface area contributed by atoms with E-state index in [1.807, 2.05) is 11.0 Å². The van der Waals surface area contributed by atoms with E-state index in [2.05, 4.69) is 15.5 Å². The molecule has 2 heterocycles. The van der Waals surface area contributed by atoms with Crippen LogP contribution in [0.5, 0.6) is 0 Å². The van der Waals surface area contributed by atoms with E-state index in [1.54, 1.807) is 18.2 Å². The van der Waals surface area contributed by atoms with Gasteiger partial charge in [0.15, 0.2) is 5.82 Å². The number of anilines is 1. The molecule has 1 aliphatic heterocycles. The van der Waals surface area contributed by atoms with E-state index in [4.69, 9.17) is 0 Å². The average Bonchev–Trinajstić information content (AvgIpc) is 2.79. The first-order valence-electron chi connectivity index (χ1n) is 10.1. The molecule has 0 radical (unpaired) electrons. The number of amides is 1. The SMILES string of the molecule is O=C(NCc1c(F)cccc1F)C1CCCN(c2ccc(-c3ccc(F)cc3)nn2)C1. The van der Waals surface area contributed by atoms with Crippen LogP contribution in [0.1, 0.15) is 18.4 Å². The number of rotatable bonds is 5. The van der Waals surface area contributed by atoms with E-state index in [1.165, 1.54) is 30.3 Å². The summed E-state index contributed by atoms with van der Waals surface area (Å²) in [6.45, 7) is 0.979. The van der Waals surface area contributed by atoms with Crippen LogP contribution in [0.15, 0.2) is 54.6 Å². The third-order valence-electron chi connectivity index (χ3n) is 5.41. The van der Waals surface area contributed by atoms with E-state index >= 15 is 0 Å². The van der Waals surface area contributed by atoms with Gasteiger partial charge in [-0.1, -0.05) is 6.07 Å². The Morgan fingerprint density at radius 2 is 1.74 bits per heavy atom. The van der Waals surface area contributed by atoms with Crippen LogP contribution in [0.3, 0.4) is 0 Å². The van der Waals surface area contributed by atoms with Crippen molar-refractivity contribution >= 4 is 11.7 Å². The average molecular weight is 426 g/mol. The van der Waals surface area contributed by atoms with Crippen LogP contribution < -0.4 is 10.2 Å². The summed E-state index contributed by atoms with van der Waals surface area (Å²) in [7, 11) is 0. The Labute approximate surface area is 177 Å². The second-order valence-corrected chi connectivity index (χ2v) is 7.49. The second-order valence-electron chi connectivity index (χ2n) is 7.49. The fraction of sp³-hybridized carbons (Fsp3) is 0.261. The number of aromatic nitrogens is 2. The summed E-state index contributed by atoms with van der Waals surface area (Å²) in [5.74, 6) is -1.60. The second kappa shape index (κ2) is 9.16. The van der Waals surface area contributed by atoms with E-state index in [9.17, 15) is 18.0 Å². The van der Waals surface area contributed by atoms with Gasteiger partial charge in [-0.05, 0) is 61.4 Å². The Morgan fingerprint density at radius 3 is 2.42 bits per heavy atom. The monoisotopic (exact) mass is 426 g/mol. The Bertz CT molecular complexity index is 1040. The number of halogens is 3. The minimum atomic E-state index is -0.679. The molecule has 0 bridgehead atoms. The van der Waals surface area contributed by atoms with Crippen LogP contribution in [0.25, 0.3) is 11.3 Å². The van der Waals surface area contributed by atoms with Crippen LogP contribution >= 0.6 is 0 Å². The van der Waals surface area contributed by atoms with Crippen molar-refractivity contribution in [2.24, 2.45) is 5.92 Å². The van der Waals surface area contributed by atoms with Gasteiger partial charge in [0.1, 0.15) is 17.5 Å². The first-order chi connectivity index (χ1) is 15.0. The Hall–Kier alpha value is -3.42. The normalized spacial score (nSPS) is 16.2. The fourth-order valence-electron chi connectivity index (χ4n) is 3.69. The maximum absolute atomic E-state index is 13.8. The molecule has 160 valence electrons. The number of hydrogen-bond acceptors (Lipinski definition) is 4. The van der Waals surface area contributed by atoms with Gasteiger partial charge in [0, 0.05) is 30.8 Å². The highest BCUT2D eigenvalue weighted by Crippen LogP contribution is 2.24. The molecule has 1 fully saturated rings. The van der Waals surface area contributed by atoms with E-state index in [-0.39, 0.29) is 29.8 Å². The summed E-state index contributed by atoms with van der Waals surface area (Å²) in [5.41, 5.74) is 1.24. The van der Waals surface area contributed by atoms with Crippen molar-refractivity contribution in [2.75, 3.05) is 18.0 Å². The zero-order valence-electron chi connectivity index (χ0n) is 16.7. The highest BCUT2D eigenvalue weighted by molar-refractivity contribution is 5.79. The number of carbonyl (C=O) groups excluding carboxylic acids is 1. The van der Waals surface area contributed by atoms with E-state index < -0.39 is 11.6 Å². The lowest BCUT2D eigenvalue weighted by Gasteiger charge is -2.32. The van der Waals surface area contributed by atoms with Crippen molar-refractivity contribution < 1.29 is 18.0 Å². The molecule has 1 amide bonds. The molecule has 1 saturated heterocycles. The van der Waals surface area contributed by atoms with Gasteiger partial charge in [-0.2, -0.15) is 0 Å². The van der Waals surface area contributed by atoms with E-state index in [0.29, 0.717) is 24.5 Å². The van der Waals surface area contributed by atoms with Gasteiger partial charge in [-0.15, -0.1) is 10.2 Å². The van der Waals surface area contributed by atoms with Gasteiger partial charge in [0.25, 0.3) is 0 Å². The maximum atomic E-state index is 13.8. The molecular formula is C23H21F3N4O. The third kappa shape index (κ3) is 4.84. The standard InChI is InChI=1S/C23H21F3N4O/c24-17-8-6-15(7-9-17)21-10-11-22(29-28-21)30-12-2-3-16(14-30)23(31)27-13-18-19(25)4-1-5-20(18)26/h1,4-11,16H,2-3,12-14H2,(H,27,31). The number of piperidine rings is 1. The summed E-state index contributed by atoms with van der Waals surface area (Å²) in [6.07, 6.45) is 1.47. The van der Waals surface area contributed by atoms with Crippen molar-refractivity contribution in [1.29, 1.82) is 0 Å². The molecule has 31 heavy (non-hydrogen) atoms. The molecule has 1 N–H and O–H groups in total. The summed E-state index contributed by atoms with van der Waals surface area (Å²) >= 11 is 0. The van der Waals surface area contributed by atoms with Gasteiger partial charge in [-0.25, -0.2) is 13.2 Å². The number of benzene rings is 2. The highest BCUT2D eigenvalue weighted by Gasteiger charge is 2.27. The zero-order chi connectivity index (χ0) is 21.8. The summed E-state index contributed by atoms with van der Waals surface area (Å²) < 4.78 is 40.6. The molecule has 8 heteroatoms. The summed E-state index contributed by atoms with van der Waals surface area (Å²) in [6, 6.07) is 13.3. The summed E-state index contributed by atoms with van der Waals surface area (Å²) in [5, 5.41) is 11.1. The molecule has 4 rings (SSSR count). The molecule has 5 nitrogen and oxygen atoms in total. The minimum absolute atomic E-state index is 0.147. The van der Waals surface area contributed by atoms with Crippen molar-refractivity contribution in [3.8, 4) is 11.3 Å². The topological polar surface area (TPSA) is 58.1 Å². The minimum Gasteiger partial charge on any atom is -0.354 e. The van der Waals surface area contributed by atoms with Gasteiger partial charge in [0.05, 0.1) is 11.6 Å². The molecule has 1 atom stereocenters.